The Morgan fingerprint density at radius 3 is 1.44 bits per heavy atom. The summed E-state index contributed by atoms with van der Waals surface area (Å²) in [5.74, 6) is 0.829. The number of hydrogen-bond donors (Lipinski definition) is 0. The molecular formula is C17H16Cl2O4S2. The van der Waals surface area contributed by atoms with Gasteiger partial charge in [0.25, 0.3) is 0 Å². The van der Waals surface area contributed by atoms with E-state index in [0.29, 0.717) is 34.4 Å². The topological polar surface area (TPSA) is 52.6 Å². The molecule has 0 radical (unpaired) electrons. The van der Waals surface area contributed by atoms with Gasteiger partial charge in [-0.3, -0.25) is 0 Å². The van der Waals surface area contributed by atoms with Crippen molar-refractivity contribution >= 4 is 45.4 Å². The first-order valence-electron chi connectivity index (χ1n) is 7.71. The monoisotopic (exact) mass is 418 g/mol. The van der Waals surface area contributed by atoms with Gasteiger partial charge in [0.1, 0.15) is 11.5 Å². The summed E-state index contributed by atoms with van der Waals surface area (Å²) in [7, 11) is 0. The molecule has 25 heavy (non-hydrogen) atoms. The van der Waals surface area contributed by atoms with Gasteiger partial charge in [-0.2, -0.15) is 0 Å². The zero-order valence-electron chi connectivity index (χ0n) is 13.2. The van der Waals surface area contributed by atoms with Crippen LogP contribution in [0, 0.1) is 0 Å². The van der Waals surface area contributed by atoms with E-state index in [9.17, 15) is 8.42 Å². The van der Waals surface area contributed by atoms with Crippen molar-refractivity contribution in [3.8, 4) is 11.5 Å². The Hall–Kier alpha value is -1.08. The fraction of sp³-hybridized carbons (Fsp3) is 0.294. The van der Waals surface area contributed by atoms with Crippen LogP contribution >= 0.6 is 23.2 Å². The van der Waals surface area contributed by atoms with Crippen molar-refractivity contribution in [1.29, 1.82) is 0 Å². The molecule has 4 nitrogen and oxygen atoms in total. The molecule has 0 amide bonds. The molecule has 134 valence electrons. The van der Waals surface area contributed by atoms with Crippen LogP contribution < -0.4 is 8.37 Å². The van der Waals surface area contributed by atoms with Crippen molar-refractivity contribution in [3.05, 3.63) is 58.6 Å². The first-order chi connectivity index (χ1) is 12.0. The zero-order valence-corrected chi connectivity index (χ0v) is 16.3. The van der Waals surface area contributed by atoms with Crippen LogP contribution in [-0.2, 0) is 22.2 Å². The summed E-state index contributed by atoms with van der Waals surface area (Å²) in [5.41, 5.74) is 0. The van der Waals surface area contributed by atoms with E-state index in [1.54, 1.807) is 48.5 Å². The summed E-state index contributed by atoms with van der Waals surface area (Å²) in [4.78, 5) is 0. The summed E-state index contributed by atoms with van der Waals surface area (Å²) in [6.07, 6.45) is 2.66. The van der Waals surface area contributed by atoms with Gasteiger partial charge in [0.05, 0.1) is 0 Å². The molecule has 0 heterocycles. The highest BCUT2D eigenvalue weighted by molar-refractivity contribution is 8.00. The summed E-state index contributed by atoms with van der Waals surface area (Å²) < 4.78 is 35.8. The highest BCUT2D eigenvalue weighted by atomic mass is 35.5. The van der Waals surface area contributed by atoms with E-state index in [2.05, 4.69) is 0 Å². The summed E-state index contributed by atoms with van der Waals surface area (Å²) >= 11 is 8.06. The minimum absolute atomic E-state index is 0.414. The van der Waals surface area contributed by atoms with Crippen molar-refractivity contribution < 1.29 is 16.8 Å². The standard InChI is InChI=1S/C17H16Cl2O4S2/c18-13-3-7-15(8-4-13)22-24(20)17(11-1-2-12-17)25(21)23-16-9-5-14(19)6-10-16/h3-10H,1-2,11-12H2. The second kappa shape index (κ2) is 8.08. The van der Waals surface area contributed by atoms with Crippen molar-refractivity contribution in [3.63, 3.8) is 0 Å². The molecule has 0 bridgehead atoms. The average Bonchev–Trinajstić information content (AvgIpc) is 3.10. The van der Waals surface area contributed by atoms with Crippen LogP contribution in [0.15, 0.2) is 48.5 Å². The van der Waals surface area contributed by atoms with Gasteiger partial charge in [0.2, 0.25) is 22.2 Å². The Labute approximate surface area is 161 Å². The van der Waals surface area contributed by atoms with E-state index in [4.69, 9.17) is 31.6 Å². The third-order valence-corrected chi connectivity index (χ3v) is 7.98. The molecule has 8 heteroatoms. The molecule has 0 spiro atoms. The summed E-state index contributed by atoms with van der Waals surface area (Å²) in [6, 6.07) is 13.1. The maximum atomic E-state index is 12.9. The quantitative estimate of drug-likeness (QED) is 0.658. The van der Waals surface area contributed by atoms with E-state index in [1.165, 1.54) is 0 Å². The molecule has 2 aromatic rings. The molecule has 1 fully saturated rings. The lowest BCUT2D eigenvalue weighted by atomic mass is 10.3. The SMILES string of the molecule is O=S(Oc1ccc(Cl)cc1)C1(S(=O)Oc2ccc(Cl)cc2)CCCC1. The lowest BCUT2D eigenvalue weighted by Crippen LogP contribution is -2.40. The van der Waals surface area contributed by atoms with Gasteiger partial charge in [0, 0.05) is 10.0 Å². The molecule has 1 aliphatic rings. The molecule has 0 saturated heterocycles. The largest absolute Gasteiger partial charge is 0.399 e. The smallest absolute Gasteiger partial charge is 0.229 e. The zero-order chi connectivity index (χ0) is 17.9. The molecule has 0 aliphatic heterocycles. The molecule has 2 aromatic carbocycles. The first kappa shape index (κ1) is 18.7. The van der Waals surface area contributed by atoms with Gasteiger partial charge in [0.15, 0.2) is 4.08 Å². The normalized spacial score (nSPS) is 18.5. The molecule has 2 unspecified atom stereocenters. The van der Waals surface area contributed by atoms with Gasteiger partial charge >= 0.3 is 0 Å². The minimum atomic E-state index is -1.81. The fourth-order valence-corrected chi connectivity index (χ4v) is 5.63. The van der Waals surface area contributed by atoms with Gasteiger partial charge in [-0.05, 0) is 61.4 Å². The van der Waals surface area contributed by atoms with Crippen LogP contribution in [0.5, 0.6) is 11.5 Å². The third kappa shape index (κ3) is 4.37. The van der Waals surface area contributed by atoms with E-state index in [1.807, 2.05) is 0 Å². The van der Waals surface area contributed by atoms with E-state index in [0.717, 1.165) is 12.8 Å². The van der Waals surface area contributed by atoms with E-state index in [-0.39, 0.29) is 0 Å². The first-order valence-corrected chi connectivity index (χ1v) is 10.6. The van der Waals surface area contributed by atoms with Crippen molar-refractivity contribution in [2.45, 2.75) is 29.8 Å². The van der Waals surface area contributed by atoms with Crippen LogP contribution in [0.25, 0.3) is 0 Å². The number of benzene rings is 2. The van der Waals surface area contributed by atoms with Crippen LogP contribution in [0.2, 0.25) is 10.0 Å². The molecule has 0 N–H and O–H groups in total. The highest BCUT2D eigenvalue weighted by Gasteiger charge is 2.50. The predicted octanol–water partition coefficient (Wildman–Crippen LogP) is 5.05. The summed E-state index contributed by atoms with van der Waals surface area (Å²) in [6.45, 7) is 0. The number of halogens is 2. The Morgan fingerprint density at radius 1 is 0.720 bits per heavy atom. The number of hydrogen-bond acceptors (Lipinski definition) is 4. The minimum Gasteiger partial charge on any atom is -0.399 e. The molecule has 0 aromatic heterocycles. The molecule has 1 aliphatic carbocycles. The maximum Gasteiger partial charge on any atom is 0.229 e. The lowest BCUT2D eigenvalue weighted by Gasteiger charge is -2.25. The Kier molecular flexibility index (Phi) is 6.04. The van der Waals surface area contributed by atoms with Gasteiger partial charge < -0.3 is 8.37 Å². The third-order valence-electron chi connectivity index (χ3n) is 3.94. The van der Waals surface area contributed by atoms with E-state index < -0.39 is 26.2 Å². The van der Waals surface area contributed by atoms with Crippen LogP contribution in [-0.4, -0.2) is 12.5 Å². The van der Waals surface area contributed by atoms with Crippen LogP contribution in [0.4, 0.5) is 0 Å². The Bertz CT molecular complexity index is 711. The molecule has 1 saturated carbocycles. The summed E-state index contributed by atoms with van der Waals surface area (Å²) in [5, 5.41) is 1.12. The van der Waals surface area contributed by atoms with Crippen molar-refractivity contribution in [2.24, 2.45) is 0 Å². The highest BCUT2D eigenvalue weighted by Crippen LogP contribution is 2.40. The Morgan fingerprint density at radius 2 is 1.08 bits per heavy atom. The lowest BCUT2D eigenvalue weighted by molar-refractivity contribution is 0.506. The predicted molar refractivity (Wildman–Crippen MR) is 102 cm³/mol. The van der Waals surface area contributed by atoms with Crippen LogP contribution in [0.1, 0.15) is 25.7 Å². The second-order valence-electron chi connectivity index (χ2n) is 5.66. The van der Waals surface area contributed by atoms with Gasteiger partial charge in [-0.25, -0.2) is 8.42 Å². The van der Waals surface area contributed by atoms with E-state index >= 15 is 0 Å². The molecular weight excluding hydrogens is 403 g/mol. The van der Waals surface area contributed by atoms with Crippen molar-refractivity contribution in [1.82, 2.24) is 0 Å². The average molecular weight is 419 g/mol. The van der Waals surface area contributed by atoms with Gasteiger partial charge in [-0.15, -0.1) is 0 Å². The van der Waals surface area contributed by atoms with Crippen molar-refractivity contribution in [2.75, 3.05) is 0 Å². The van der Waals surface area contributed by atoms with Gasteiger partial charge in [-0.1, -0.05) is 36.0 Å². The molecule has 2 atom stereocenters. The second-order valence-corrected chi connectivity index (χ2v) is 9.63. The number of rotatable bonds is 6. The van der Waals surface area contributed by atoms with Crippen LogP contribution in [0.3, 0.4) is 0 Å². The molecule has 3 rings (SSSR count). The fourth-order valence-electron chi connectivity index (χ4n) is 2.61. The maximum absolute atomic E-state index is 12.9. The Balaban J connectivity index is 1.77.